The van der Waals surface area contributed by atoms with Crippen LogP contribution in [0, 0.1) is 11.3 Å². The summed E-state index contributed by atoms with van der Waals surface area (Å²) < 4.78 is 5.48. The normalized spacial score (nSPS) is 28.1. The molecule has 3 nitrogen and oxygen atoms in total. The van der Waals surface area contributed by atoms with Gasteiger partial charge in [0.2, 0.25) is 0 Å². The van der Waals surface area contributed by atoms with Crippen LogP contribution in [-0.2, 0) is 4.74 Å². The summed E-state index contributed by atoms with van der Waals surface area (Å²) in [5.41, 5.74) is 0.387. The van der Waals surface area contributed by atoms with E-state index in [1.165, 1.54) is 12.8 Å². The van der Waals surface area contributed by atoms with Gasteiger partial charge < -0.3 is 9.84 Å². The molecular weight excluding hydrogens is 250 g/mol. The van der Waals surface area contributed by atoms with Crippen molar-refractivity contribution in [1.29, 1.82) is 0 Å². The Bertz CT molecular complexity index is 268. The van der Waals surface area contributed by atoms with Crippen molar-refractivity contribution >= 4 is 0 Å². The molecule has 0 heterocycles. The Hall–Kier alpha value is -0.120. The maximum atomic E-state index is 10.4. The molecule has 0 aromatic carbocycles. The number of nitrogens with zero attached hydrogens (tertiary/aromatic N) is 1. The lowest BCUT2D eigenvalue weighted by Gasteiger charge is -2.45. The first-order chi connectivity index (χ1) is 9.46. The predicted octanol–water partition coefficient (Wildman–Crippen LogP) is 3.31. The van der Waals surface area contributed by atoms with Gasteiger partial charge in [-0.2, -0.15) is 0 Å². The molecule has 0 spiro atoms. The second-order valence-corrected chi connectivity index (χ2v) is 6.81. The minimum atomic E-state index is -0.166. The van der Waals surface area contributed by atoms with Gasteiger partial charge in [0.15, 0.2) is 0 Å². The van der Waals surface area contributed by atoms with Gasteiger partial charge in [0.05, 0.1) is 12.7 Å². The Kier molecular flexibility index (Phi) is 7.49. The van der Waals surface area contributed by atoms with Crippen LogP contribution in [0.4, 0.5) is 0 Å². The summed E-state index contributed by atoms with van der Waals surface area (Å²) in [5, 5.41) is 10.4. The second-order valence-electron chi connectivity index (χ2n) is 6.81. The lowest BCUT2D eigenvalue weighted by atomic mass is 9.67. The average molecular weight is 285 g/mol. The minimum absolute atomic E-state index is 0.166. The van der Waals surface area contributed by atoms with Crippen molar-refractivity contribution in [3.8, 4) is 0 Å². The van der Waals surface area contributed by atoms with E-state index in [0.29, 0.717) is 11.5 Å². The van der Waals surface area contributed by atoms with Gasteiger partial charge >= 0.3 is 0 Å². The summed E-state index contributed by atoms with van der Waals surface area (Å²) in [7, 11) is 0. The maximum absolute atomic E-state index is 10.4. The Morgan fingerprint density at radius 1 is 1.20 bits per heavy atom. The van der Waals surface area contributed by atoms with E-state index in [9.17, 15) is 5.11 Å². The quantitative estimate of drug-likeness (QED) is 0.695. The zero-order valence-electron chi connectivity index (χ0n) is 14.2. The molecule has 0 radical (unpaired) electrons. The van der Waals surface area contributed by atoms with Crippen molar-refractivity contribution < 1.29 is 9.84 Å². The van der Waals surface area contributed by atoms with Crippen molar-refractivity contribution in [3.05, 3.63) is 0 Å². The standard InChI is InChI=1S/C17H35NO2/c1-6-17(4,5)14-9-10-16(19)15(13-14)18(7-2)11-12-20-8-3/h14-16,19H,6-13H2,1-5H3. The van der Waals surface area contributed by atoms with Crippen LogP contribution in [0.2, 0.25) is 0 Å². The van der Waals surface area contributed by atoms with Crippen LogP contribution < -0.4 is 0 Å². The van der Waals surface area contributed by atoms with E-state index in [4.69, 9.17) is 4.74 Å². The molecule has 0 saturated heterocycles. The fraction of sp³-hybridized carbons (Fsp3) is 1.00. The van der Waals surface area contributed by atoms with Crippen molar-refractivity contribution in [3.63, 3.8) is 0 Å². The molecule has 1 aliphatic rings. The molecule has 1 fully saturated rings. The van der Waals surface area contributed by atoms with Gasteiger partial charge in [-0.1, -0.05) is 34.1 Å². The molecule has 3 atom stereocenters. The van der Waals surface area contributed by atoms with Crippen molar-refractivity contribution in [2.45, 2.75) is 72.4 Å². The van der Waals surface area contributed by atoms with Gasteiger partial charge in [0.25, 0.3) is 0 Å². The van der Waals surface area contributed by atoms with Crippen LogP contribution in [-0.4, -0.2) is 48.5 Å². The first-order valence-corrected chi connectivity index (χ1v) is 8.46. The van der Waals surface area contributed by atoms with Crippen molar-refractivity contribution in [2.75, 3.05) is 26.3 Å². The van der Waals surface area contributed by atoms with Crippen LogP contribution in [0.15, 0.2) is 0 Å². The molecule has 1 N–H and O–H groups in total. The van der Waals surface area contributed by atoms with E-state index in [-0.39, 0.29) is 6.10 Å². The predicted molar refractivity (Wildman–Crippen MR) is 84.9 cm³/mol. The smallest absolute Gasteiger partial charge is 0.0695 e. The number of aliphatic hydroxyl groups is 1. The maximum Gasteiger partial charge on any atom is 0.0695 e. The first kappa shape index (κ1) is 17.9. The van der Waals surface area contributed by atoms with Crippen LogP contribution in [0.25, 0.3) is 0 Å². The third-order valence-corrected chi connectivity index (χ3v) is 5.40. The minimum Gasteiger partial charge on any atom is -0.391 e. The zero-order chi connectivity index (χ0) is 15.2. The highest BCUT2D eigenvalue weighted by atomic mass is 16.5. The van der Waals surface area contributed by atoms with Gasteiger partial charge in [-0.3, -0.25) is 4.90 Å². The fourth-order valence-corrected chi connectivity index (χ4v) is 3.41. The Morgan fingerprint density at radius 2 is 1.90 bits per heavy atom. The van der Waals surface area contributed by atoms with Crippen LogP contribution in [0.1, 0.15) is 60.3 Å². The molecule has 0 aliphatic heterocycles. The molecule has 0 bridgehead atoms. The van der Waals surface area contributed by atoms with Gasteiger partial charge in [0, 0.05) is 19.2 Å². The van der Waals surface area contributed by atoms with Crippen LogP contribution in [0.5, 0.6) is 0 Å². The summed E-state index contributed by atoms with van der Waals surface area (Å²) in [5.74, 6) is 0.724. The summed E-state index contributed by atoms with van der Waals surface area (Å²) in [6.45, 7) is 14.7. The van der Waals surface area contributed by atoms with E-state index >= 15 is 0 Å². The molecule has 0 aromatic heterocycles. The summed E-state index contributed by atoms with van der Waals surface area (Å²) in [4.78, 5) is 2.41. The average Bonchev–Trinajstić information content (AvgIpc) is 2.44. The third-order valence-electron chi connectivity index (χ3n) is 5.40. The molecule has 1 rings (SSSR count). The fourth-order valence-electron chi connectivity index (χ4n) is 3.41. The molecule has 1 aliphatic carbocycles. The molecule has 1 saturated carbocycles. The van der Waals surface area contributed by atoms with E-state index < -0.39 is 0 Å². The topological polar surface area (TPSA) is 32.7 Å². The monoisotopic (exact) mass is 285 g/mol. The molecule has 0 aromatic rings. The van der Waals surface area contributed by atoms with E-state index in [2.05, 4.69) is 32.6 Å². The summed E-state index contributed by atoms with van der Waals surface area (Å²) in [6.07, 6.45) is 4.29. The largest absolute Gasteiger partial charge is 0.391 e. The molecular formula is C17H35NO2. The van der Waals surface area contributed by atoms with E-state index in [0.717, 1.165) is 45.1 Å². The van der Waals surface area contributed by atoms with Gasteiger partial charge in [-0.25, -0.2) is 0 Å². The lowest BCUT2D eigenvalue weighted by molar-refractivity contribution is -0.0273. The van der Waals surface area contributed by atoms with Gasteiger partial charge in [-0.15, -0.1) is 0 Å². The SMILES string of the molecule is CCOCCN(CC)C1CC(C(C)(C)CC)CCC1O. The van der Waals surface area contributed by atoms with Crippen LogP contribution >= 0.6 is 0 Å². The third kappa shape index (κ3) is 4.71. The van der Waals surface area contributed by atoms with Crippen molar-refractivity contribution in [1.82, 2.24) is 4.90 Å². The lowest BCUT2D eigenvalue weighted by Crippen LogP contribution is -2.50. The highest BCUT2D eigenvalue weighted by Crippen LogP contribution is 2.41. The summed E-state index contributed by atoms with van der Waals surface area (Å²) >= 11 is 0. The van der Waals surface area contributed by atoms with E-state index in [1.54, 1.807) is 0 Å². The number of rotatable bonds is 8. The second kappa shape index (κ2) is 8.35. The highest BCUT2D eigenvalue weighted by Gasteiger charge is 2.38. The first-order valence-electron chi connectivity index (χ1n) is 8.46. The molecule has 120 valence electrons. The number of ether oxygens (including phenoxy) is 1. The molecule has 3 unspecified atom stereocenters. The number of hydrogen-bond acceptors (Lipinski definition) is 3. The highest BCUT2D eigenvalue weighted by molar-refractivity contribution is 4.91. The molecule has 3 heteroatoms. The van der Waals surface area contributed by atoms with Crippen molar-refractivity contribution in [2.24, 2.45) is 11.3 Å². The van der Waals surface area contributed by atoms with Gasteiger partial charge in [-0.05, 0) is 44.1 Å². The van der Waals surface area contributed by atoms with E-state index in [1.807, 2.05) is 6.92 Å². The number of aliphatic hydroxyl groups excluding tert-OH is 1. The molecule has 0 amide bonds. The van der Waals surface area contributed by atoms with Gasteiger partial charge in [0.1, 0.15) is 0 Å². The number of likely N-dealkylation sites (N-methyl/N-ethyl adjacent to an activating group) is 1. The Labute approximate surface area is 125 Å². The molecule has 20 heavy (non-hydrogen) atoms. The Morgan fingerprint density at radius 3 is 2.45 bits per heavy atom. The van der Waals surface area contributed by atoms with Crippen LogP contribution in [0.3, 0.4) is 0 Å². The Balaban J connectivity index is 2.64. The number of hydrogen-bond donors (Lipinski definition) is 1. The zero-order valence-corrected chi connectivity index (χ0v) is 14.2. The summed E-state index contributed by atoms with van der Waals surface area (Å²) in [6, 6.07) is 0.310.